The molecule has 7 nitrogen and oxygen atoms in total. The number of nitrogens with one attached hydrogen (secondary N) is 2. The lowest BCUT2D eigenvalue weighted by molar-refractivity contribution is -0.123. The van der Waals surface area contributed by atoms with Crippen LogP contribution in [0.4, 0.5) is 10.5 Å². The van der Waals surface area contributed by atoms with Crippen molar-refractivity contribution in [3.63, 3.8) is 0 Å². The van der Waals surface area contributed by atoms with E-state index >= 15 is 0 Å². The number of urea groups is 1. The minimum Gasteiger partial charge on any atom is -0.396 e. The summed E-state index contributed by atoms with van der Waals surface area (Å²) >= 11 is 0. The van der Waals surface area contributed by atoms with Crippen LogP contribution in [-0.2, 0) is 4.79 Å². The maximum Gasteiger partial charge on any atom is 0.321 e. The monoisotopic (exact) mass is 239 g/mol. The van der Waals surface area contributed by atoms with Crippen LogP contribution in [0.2, 0.25) is 0 Å². The third kappa shape index (κ3) is 2.55. The van der Waals surface area contributed by atoms with Crippen molar-refractivity contribution in [3.8, 4) is 0 Å². The van der Waals surface area contributed by atoms with E-state index in [1.165, 1.54) is 11.7 Å². The van der Waals surface area contributed by atoms with Gasteiger partial charge in [0, 0.05) is 7.05 Å². The molecule has 1 unspecified atom stereocenters. The van der Waals surface area contributed by atoms with Crippen LogP contribution in [0.5, 0.6) is 0 Å². The van der Waals surface area contributed by atoms with Crippen LogP contribution in [0, 0.1) is 13.8 Å². The Morgan fingerprint density at radius 2 is 2.00 bits per heavy atom. The van der Waals surface area contributed by atoms with Gasteiger partial charge in [-0.15, -0.1) is 0 Å². The van der Waals surface area contributed by atoms with Gasteiger partial charge in [0.25, 0.3) is 5.91 Å². The number of hydrogen-bond donors (Lipinski definition) is 3. The van der Waals surface area contributed by atoms with Gasteiger partial charge in [-0.05, 0) is 20.8 Å². The second-order valence-electron chi connectivity index (χ2n) is 3.77. The Morgan fingerprint density at radius 1 is 1.41 bits per heavy atom. The fraction of sp³-hybridized carbons (Fsp3) is 0.500. The van der Waals surface area contributed by atoms with E-state index < -0.39 is 18.0 Å². The summed E-state index contributed by atoms with van der Waals surface area (Å²) in [6.07, 6.45) is 0. The summed E-state index contributed by atoms with van der Waals surface area (Å²) in [4.78, 5) is 22.7. The molecule has 1 rings (SSSR count). The molecule has 94 valence electrons. The molecule has 0 aliphatic heterocycles. The number of rotatable bonds is 2. The van der Waals surface area contributed by atoms with Crippen molar-refractivity contribution in [2.75, 3.05) is 12.8 Å². The second-order valence-corrected chi connectivity index (χ2v) is 3.77. The van der Waals surface area contributed by atoms with E-state index in [1.54, 1.807) is 20.8 Å². The number of aryl methyl sites for hydroxylation is 1. The maximum absolute atomic E-state index is 11.7. The predicted octanol–water partition coefficient (Wildman–Crippen LogP) is 0.0987. The third-order valence-corrected chi connectivity index (χ3v) is 2.59. The largest absolute Gasteiger partial charge is 0.396 e. The van der Waals surface area contributed by atoms with Crippen LogP contribution < -0.4 is 16.4 Å². The van der Waals surface area contributed by atoms with Crippen molar-refractivity contribution in [3.05, 3.63) is 11.4 Å². The first-order valence-corrected chi connectivity index (χ1v) is 5.22. The summed E-state index contributed by atoms with van der Waals surface area (Å²) in [5.74, 6) is -0.435. The van der Waals surface area contributed by atoms with Gasteiger partial charge in [0.2, 0.25) is 0 Å². The number of imide groups is 1. The van der Waals surface area contributed by atoms with Crippen molar-refractivity contribution in [1.82, 2.24) is 20.4 Å². The summed E-state index contributed by atoms with van der Waals surface area (Å²) in [6.45, 7) is 5.19. The molecule has 7 heteroatoms. The minimum absolute atomic E-state index is 0.435. The van der Waals surface area contributed by atoms with Gasteiger partial charge in [-0.2, -0.15) is 5.10 Å². The van der Waals surface area contributed by atoms with Crippen LogP contribution >= 0.6 is 0 Å². The average Bonchev–Trinajstić information content (AvgIpc) is 2.55. The fourth-order valence-electron chi connectivity index (χ4n) is 1.44. The van der Waals surface area contributed by atoms with E-state index in [9.17, 15) is 9.59 Å². The highest BCUT2D eigenvalue weighted by Gasteiger charge is 2.21. The zero-order chi connectivity index (χ0) is 13.2. The number of carbonyl (C=O) groups is 2. The van der Waals surface area contributed by atoms with Crippen LogP contribution in [-0.4, -0.2) is 28.8 Å². The van der Waals surface area contributed by atoms with E-state index in [-0.39, 0.29) is 0 Å². The number of amides is 3. The summed E-state index contributed by atoms with van der Waals surface area (Å²) in [6, 6.07) is -1.14. The SMILES string of the molecule is CNC(=O)NC(=O)C(C)n1nc(C)c(N)c1C. The smallest absolute Gasteiger partial charge is 0.321 e. The molecule has 0 bridgehead atoms. The zero-order valence-electron chi connectivity index (χ0n) is 10.4. The molecule has 0 aliphatic rings. The molecular weight excluding hydrogens is 222 g/mol. The average molecular weight is 239 g/mol. The van der Waals surface area contributed by atoms with Gasteiger partial charge in [0.05, 0.1) is 17.1 Å². The lowest BCUT2D eigenvalue weighted by Gasteiger charge is -2.13. The van der Waals surface area contributed by atoms with Crippen molar-refractivity contribution in [2.45, 2.75) is 26.8 Å². The van der Waals surface area contributed by atoms with Gasteiger partial charge < -0.3 is 11.1 Å². The van der Waals surface area contributed by atoms with E-state index in [2.05, 4.69) is 15.7 Å². The number of nitrogens with two attached hydrogens (primary N) is 1. The maximum atomic E-state index is 11.7. The van der Waals surface area contributed by atoms with Gasteiger partial charge >= 0.3 is 6.03 Å². The van der Waals surface area contributed by atoms with Gasteiger partial charge in [0.1, 0.15) is 6.04 Å². The first-order valence-electron chi connectivity index (χ1n) is 5.22. The molecule has 4 N–H and O–H groups in total. The number of carbonyl (C=O) groups excluding carboxylic acids is 2. The van der Waals surface area contributed by atoms with Gasteiger partial charge in [-0.1, -0.05) is 0 Å². The third-order valence-electron chi connectivity index (χ3n) is 2.59. The lowest BCUT2D eigenvalue weighted by atomic mass is 10.3. The lowest BCUT2D eigenvalue weighted by Crippen LogP contribution is -2.41. The van der Waals surface area contributed by atoms with Crippen LogP contribution in [0.25, 0.3) is 0 Å². The summed E-state index contributed by atoms with van der Waals surface area (Å²) in [7, 11) is 1.44. The van der Waals surface area contributed by atoms with E-state index in [0.29, 0.717) is 17.1 Å². The topological polar surface area (TPSA) is 102 Å². The first-order chi connectivity index (χ1) is 7.88. The summed E-state index contributed by atoms with van der Waals surface area (Å²) < 4.78 is 1.50. The molecule has 0 radical (unpaired) electrons. The van der Waals surface area contributed by atoms with Crippen molar-refractivity contribution in [2.24, 2.45) is 0 Å². The standard InChI is InChI=1S/C10H17N5O2/c1-5-8(11)6(2)15(14-5)7(3)9(16)13-10(17)12-4/h7H,11H2,1-4H3,(H2,12,13,16,17). The molecule has 0 saturated heterocycles. The second kappa shape index (κ2) is 4.86. The molecule has 1 aromatic rings. The van der Waals surface area contributed by atoms with E-state index in [0.717, 1.165) is 0 Å². The molecule has 1 atom stereocenters. The summed E-state index contributed by atoms with van der Waals surface area (Å²) in [5, 5.41) is 8.66. The number of aromatic nitrogens is 2. The normalized spacial score (nSPS) is 12.0. The molecule has 0 saturated carbocycles. The molecule has 1 heterocycles. The molecule has 17 heavy (non-hydrogen) atoms. The Hall–Kier alpha value is -2.05. The number of nitrogens with zero attached hydrogens (tertiary/aromatic N) is 2. The molecule has 0 aliphatic carbocycles. The van der Waals surface area contributed by atoms with Crippen LogP contribution in [0.1, 0.15) is 24.4 Å². The van der Waals surface area contributed by atoms with E-state index in [4.69, 9.17) is 5.73 Å². The Kier molecular flexibility index (Phi) is 3.72. The van der Waals surface area contributed by atoms with Crippen LogP contribution in [0.3, 0.4) is 0 Å². The molecule has 1 aromatic heterocycles. The highest BCUT2D eigenvalue weighted by atomic mass is 16.2. The molecule has 3 amide bonds. The Balaban J connectivity index is 2.89. The zero-order valence-corrected chi connectivity index (χ0v) is 10.4. The molecule has 0 fully saturated rings. The minimum atomic E-state index is -0.594. The highest BCUT2D eigenvalue weighted by molar-refractivity contribution is 5.95. The molecule has 0 spiro atoms. The Bertz CT molecular complexity index is 452. The Labute approximate surface area is 99.4 Å². The Morgan fingerprint density at radius 3 is 2.41 bits per heavy atom. The first kappa shape index (κ1) is 13.0. The van der Waals surface area contributed by atoms with Crippen LogP contribution in [0.15, 0.2) is 0 Å². The number of anilines is 1. The van der Waals surface area contributed by atoms with Crippen molar-refractivity contribution >= 4 is 17.6 Å². The number of nitrogen functional groups attached to an aromatic ring is 1. The summed E-state index contributed by atoms with van der Waals surface area (Å²) in [5.41, 5.74) is 7.71. The molecular formula is C10H17N5O2. The molecule has 0 aromatic carbocycles. The van der Waals surface area contributed by atoms with E-state index in [1.807, 2.05) is 0 Å². The predicted molar refractivity (Wildman–Crippen MR) is 63.4 cm³/mol. The number of hydrogen-bond acceptors (Lipinski definition) is 4. The van der Waals surface area contributed by atoms with Gasteiger partial charge in [-0.25, -0.2) is 4.79 Å². The van der Waals surface area contributed by atoms with Crippen molar-refractivity contribution in [1.29, 1.82) is 0 Å². The van der Waals surface area contributed by atoms with Gasteiger partial charge in [0.15, 0.2) is 0 Å². The highest BCUT2D eigenvalue weighted by Crippen LogP contribution is 2.18. The fourth-order valence-corrected chi connectivity index (χ4v) is 1.44. The van der Waals surface area contributed by atoms with Crippen molar-refractivity contribution < 1.29 is 9.59 Å². The van der Waals surface area contributed by atoms with Gasteiger partial charge in [-0.3, -0.25) is 14.8 Å². The quantitative estimate of drug-likeness (QED) is 0.681.